The molecule has 1 amide bonds. The Balaban J connectivity index is 1.69. The Kier molecular flexibility index (Phi) is 4.01. The van der Waals surface area contributed by atoms with E-state index in [2.05, 4.69) is 5.32 Å². The average Bonchev–Trinajstić information content (AvgIpc) is 2.98. The van der Waals surface area contributed by atoms with Gasteiger partial charge in [-0.1, -0.05) is 12.1 Å². The Hall–Kier alpha value is -2.09. The Bertz CT molecular complexity index is 910. The highest BCUT2D eigenvalue weighted by atomic mass is 32.2. The minimum absolute atomic E-state index is 0.0341. The van der Waals surface area contributed by atoms with E-state index < -0.39 is 9.84 Å². The number of carbonyl (C=O) groups is 1. The summed E-state index contributed by atoms with van der Waals surface area (Å²) in [6.45, 7) is 0.261. The van der Waals surface area contributed by atoms with Crippen LogP contribution in [0.2, 0.25) is 0 Å². The highest BCUT2D eigenvalue weighted by Gasteiger charge is 2.28. The van der Waals surface area contributed by atoms with Crippen molar-refractivity contribution >= 4 is 26.8 Å². The van der Waals surface area contributed by atoms with Gasteiger partial charge in [-0.15, -0.1) is 0 Å². The molecule has 0 spiro atoms. The summed E-state index contributed by atoms with van der Waals surface area (Å²) in [4.78, 5) is 24.3. The van der Waals surface area contributed by atoms with Gasteiger partial charge in [-0.05, 0) is 24.5 Å². The number of fused-ring (bicyclic) bond motifs is 1. The monoisotopic (exact) mass is 337 g/mol. The smallest absolute Gasteiger partial charge is 0.329 e. The van der Waals surface area contributed by atoms with Crippen molar-refractivity contribution in [2.45, 2.75) is 13.0 Å². The summed E-state index contributed by atoms with van der Waals surface area (Å²) in [6, 6.07) is 7.29. The lowest BCUT2D eigenvalue weighted by Gasteiger charge is -2.10. The van der Waals surface area contributed by atoms with E-state index in [1.54, 1.807) is 13.1 Å². The van der Waals surface area contributed by atoms with Gasteiger partial charge in [0.05, 0.1) is 22.5 Å². The maximum Gasteiger partial charge on any atom is 0.329 e. The second kappa shape index (κ2) is 5.84. The van der Waals surface area contributed by atoms with Crippen LogP contribution in [-0.4, -0.2) is 41.5 Å². The molecule has 0 aliphatic carbocycles. The standard InChI is InChI=1S/C15H19N3O4S/c1-17-12-4-2-3-5-13(12)18(15(17)20)9-14(19)16-8-11-6-7-23(21,22)10-11/h2-5,11H,6-10H2,1H3,(H,16,19). The topological polar surface area (TPSA) is 90.2 Å². The number of nitrogens with one attached hydrogen (secondary N) is 1. The van der Waals surface area contributed by atoms with Crippen molar-refractivity contribution in [3.05, 3.63) is 34.7 Å². The fourth-order valence-electron chi connectivity index (χ4n) is 3.01. The maximum atomic E-state index is 12.2. The zero-order valence-corrected chi connectivity index (χ0v) is 13.7. The predicted molar refractivity (Wildman–Crippen MR) is 86.9 cm³/mol. The number of para-hydroxylation sites is 2. The quantitative estimate of drug-likeness (QED) is 0.843. The molecule has 0 radical (unpaired) electrons. The number of hydrogen-bond acceptors (Lipinski definition) is 4. The molecule has 1 aliphatic rings. The summed E-state index contributed by atoms with van der Waals surface area (Å²) in [5.74, 6) is -0.00130. The number of carbonyl (C=O) groups excluding carboxylic acids is 1. The minimum Gasteiger partial charge on any atom is -0.354 e. The largest absolute Gasteiger partial charge is 0.354 e. The molecule has 1 fully saturated rings. The Labute approximate surface area is 133 Å². The molecule has 2 heterocycles. The fourth-order valence-corrected chi connectivity index (χ4v) is 4.87. The van der Waals surface area contributed by atoms with E-state index in [4.69, 9.17) is 0 Å². The molecule has 1 unspecified atom stereocenters. The molecule has 2 aromatic rings. The molecule has 0 bridgehead atoms. The first-order chi connectivity index (χ1) is 10.9. The van der Waals surface area contributed by atoms with Crippen molar-refractivity contribution in [2.75, 3.05) is 18.1 Å². The number of aromatic nitrogens is 2. The third kappa shape index (κ3) is 3.17. The summed E-state index contributed by atoms with van der Waals surface area (Å²) >= 11 is 0. The summed E-state index contributed by atoms with van der Waals surface area (Å²) < 4.78 is 25.8. The van der Waals surface area contributed by atoms with Crippen LogP contribution in [-0.2, 0) is 28.2 Å². The van der Waals surface area contributed by atoms with Crippen LogP contribution in [0, 0.1) is 5.92 Å². The highest BCUT2D eigenvalue weighted by Crippen LogP contribution is 2.17. The average molecular weight is 337 g/mol. The van der Waals surface area contributed by atoms with E-state index in [9.17, 15) is 18.0 Å². The van der Waals surface area contributed by atoms with Crippen molar-refractivity contribution in [3.8, 4) is 0 Å². The first kappa shape index (κ1) is 15.8. The molecule has 8 heteroatoms. The molecule has 0 saturated carbocycles. The molecule has 23 heavy (non-hydrogen) atoms. The van der Waals surface area contributed by atoms with Crippen LogP contribution >= 0.6 is 0 Å². The highest BCUT2D eigenvalue weighted by molar-refractivity contribution is 7.91. The van der Waals surface area contributed by atoms with E-state index in [0.29, 0.717) is 18.5 Å². The lowest BCUT2D eigenvalue weighted by molar-refractivity contribution is -0.121. The lowest BCUT2D eigenvalue weighted by Crippen LogP contribution is -2.35. The van der Waals surface area contributed by atoms with Crippen LogP contribution in [0.4, 0.5) is 0 Å². The first-order valence-electron chi connectivity index (χ1n) is 7.49. The van der Waals surface area contributed by atoms with Crippen molar-refractivity contribution in [1.29, 1.82) is 0 Å². The number of rotatable bonds is 4. The van der Waals surface area contributed by atoms with Gasteiger partial charge in [0, 0.05) is 13.6 Å². The number of nitrogens with zero attached hydrogens (tertiary/aromatic N) is 2. The normalized spacial score (nSPS) is 20.0. The molecule has 1 aromatic carbocycles. The molecule has 3 rings (SSSR count). The van der Waals surface area contributed by atoms with Gasteiger partial charge < -0.3 is 5.32 Å². The van der Waals surface area contributed by atoms with Crippen LogP contribution in [0.25, 0.3) is 11.0 Å². The number of imidazole rings is 1. The van der Waals surface area contributed by atoms with E-state index in [1.807, 2.05) is 18.2 Å². The lowest BCUT2D eigenvalue weighted by atomic mass is 10.1. The molecular weight excluding hydrogens is 318 g/mol. The van der Waals surface area contributed by atoms with Crippen molar-refractivity contribution in [2.24, 2.45) is 13.0 Å². The van der Waals surface area contributed by atoms with E-state index in [-0.39, 0.29) is 35.6 Å². The third-order valence-corrected chi connectivity index (χ3v) is 6.11. The van der Waals surface area contributed by atoms with E-state index >= 15 is 0 Å². The zero-order chi connectivity index (χ0) is 16.6. The van der Waals surface area contributed by atoms with Crippen molar-refractivity contribution < 1.29 is 13.2 Å². The second-order valence-electron chi connectivity index (χ2n) is 5.99. The number of benzene rings is 1. The van der Waals surface area contributed by atoms with E-state index in [0.717, 1.165) is 5.52 Å². The number of hydrogen-bond donors (Lipinski definition) is 1. The Morgan fingerprint density at radius 1 is 1.30 bits per heavy atom. The Morgan fingerprint density at radius 3 is 2.65 bits per heavy atom. The minimum atomic E-state index is -2.94. The van der Waals surface area contributed by atoms with Gasteiger partial charge in [-0.3, -0.25) is 13.9 Å². The van der Waals surface area contributed by atoms with Crippen molar-refractivity contribution in [3.63, 3.8) is 0 Å². The van der Waals surface area contributed by atoms with Crippen LogP contribution in [0.1, 0.15) is 6.42 Å². The maximum absolute atomic E-state index is 12.2. The Morgan fingerprint density at radius 2 is 2.00 bits per heavy atom. The molecule has 124 valence electrons. The van der Waals surface area contributed by atoms with Gasteiger partial charge in [0.15, 0.2) is 9.84 Å². The number of sulfone groups is 1. The van der Waals surface area contributed by atoms with Gasteiger partial charge in [0.2, 0.25) is 5.91 Å². The molecule has 1 aliphatic heterocycles. The van der Waals surface area contributed by atoms with Gasteiger partial charge in [-0.25, -0.2) is 13.2 Å². The molecule has 7 nitrogen and oxygen atoms in total. The molecule has 1 aromatic heterocycles. The van der Waals surface area contributed by atoms with Crippen LogP contribution in [0.5, 0.6) is 0 Å². The van der Waals surface area contributed by atoms with E-state index in [1.165, 1.54) is 9.13 Å². The summed E-state index contributed by atoms with van der Waals surface area (Å²) in [6.07, 6.45) is 0.580. The molecule has 1 atom stereocenters. The fraction of sp³-hybridized carbons (Fsp3) is 0.467. The third-order valence-electron chi connectivity index (χ3n) is 4.27. The van der Waals surface area contributed by atoms with Gasteiger partial charge in [0.1, 0.15) is 6.54 Å². The SMILES string of the molecule is Cn1c(=O)n(CC(=O)NCC2CCS(=O)(=O)C2)c2ccccc21. The molecule has 1 saturated heterocycles. The van der Waals surface area contributed by atoms with Gasteiger partial charge >= 0.3 is 5.69 Å². The second-order valence-corrected chi connectivity index (χ2v) is 8.22. The van der Waals surface area contributed by atoms with Crippen LogP contribution in [0.15, 0.2) is 29.1 Å². The van der Waals surface area contributed by atoms with Gasteiger partial charge in [0.25, 0.3) is 0 Å². The van der Waals surface area contributed by atoms with Gasteiger partial charge in [-0.2, -0.15) is 0 Å². The van der Waals surface area contributed by atoms with Crippen LogP contribution < -0.4 is 11.0 Å². The number of amides is 1. The summed E-state index contributed by atoms with van der Waals surface area (Å²) in [7, 11) is -1.28. The molecular formula is C15H19N3O4S. The number of aryl methyl sites for hydroxylation is 1. The summed E-state index contributed by atoms with van der Waals surface area (Å²) in [5.41, 5.74) is 1.23. The van der Waals surface area contributed by atoms with Crippen LogP contribution in [0.3, 0.4) is 0 Å². The van der Waals surface area contributed by atoms with Crippen molar-refractivity contribution in [1.82, 2.24) is 14.5 Å². The first-order valence-corrected chi connectivity index (χ1v) is 9.31. The zero-order valence-electron chi connectivity index (χ0n) is 12.9. The predicted octanol–water partition coefficient (Wildman–Crippen LogP) is -0.109. The summed E-state index contributed by atoms with van der Waals surface area (Å²) in [5, 5.41) is 2.74. The molecule has 1 N–H and O–H groups in total.